The summed E-state index contributed by atoms with van der Waals surface area (Å²) in [6, 6.07) is 3.74. The normalized spacial score (nSPS) is 14.6. The van der Waals surface area contributed by atoms with Crippen LogP contribution in [0.2, 0.25) is 10.0 Å². The van der Waals surface area contributed by atoms with E-state index < -0.39 is 0 Å². The van der Waals surface area contributed by atoms with Crippen LogP contribution in [0, 0.1) is 0 Å². The number of methoxy groups -OCH3 is 1. The molecule has 0 aliphatic rings. The molecule has 90 valence electrons. The highest BCUT2D eigenvalue weighted by atomic mass is 79.9. The number of anilines is 1. The third-order valence-electron chi connectivity index (χ3n) is 2.45. The first-order chi connectivity index (χ1) is 7.45. The molecule has 0 bridgehead atoms. The molecule has 5 heteroatoms. The minimum Gasteiger partial charge on any atom is -0.380 e. The van der Waals surface area contributed by atoms with Gasteiger partial charge in [0.1, 0.15) is 0 Å². The number of hydrogen-bond acceptors (Lipinski definition) is 2. The van der Waals surface area contributed by atoms with Crippen LogP contribution in [0.1, 0.15) is 13.8 Å². The highest BCUT2D eigenvalue weighted by Crippen LogP contribution is 2.34. The summed E-state index contributed by atoms with van der Waals surface area (Å²) < 4.78 is 6.09. The molecule has 2 unspecified atom stereocenters. The lowest BCUT2D eigenvalue weighted by molar-refractivity contribution is 0.106. The van der Waals surface area contributed by atoms with Crippen molar-refractivity contribution in [2.24, 2.45) is 0 Å². The Bertz CT molecular complexity index is 350. The Morgan fingerprint density at radius 3 is 2.19 bits per heavy atom. The Labute approximate surface area is 114 Å². The summed E-state index contributed by atoms with van der Waals surface area (Å²) in [7, 11) is 1.67. The van der Waals surface area contributed by atoms with Crippen LogP contribution in [0.15, 0.2) is 16.6 Å². The standard InChI is InChI=1S/C11H14BrCl2NO/c1-6(7(2)16-3)15-11-9(13)4-8(12)5-10(11)14/h4-7,15H,1-3H3. The monoisotopic (exact) mass is 325 g/mol. The molecule has 0 saturated carbocycles. The number of halogens is 3. The first kappa shape index (κ1) is 14.1. The highest BCUT2D eigenvalue weighted by molar-refractivity contribution is 9.10. The SMILES string of the molecule is COC(C)C(C)Nc1c(Cl)cc(Br)cc1Cl. The average Bonchev–Trinajstić information content (AvgIpc) is 2.21. The van der Waals surface area contributed by atoms with Crippen molar-refractivity contribution < 1.29 is 4.74 Å². The van der Waals surface area contributed by atoms with Gasteiger partial charge in [0.05, 0.1) is 21.8 Å². The summed E-state index contributed by atoms with van der Waals surface area (Å²) in [4.78, 5) is 0. The van der Waals surface area contributed by atoms with Gasteiger partial charge in [-0.25, -0.2) is 0 Å². The van der Waals surface area contributed by atoms with E-state index in [0.717, 1.165) is 10.2 Å². The van der Waals surface area contributed by atoms with E-state index in [-0.39, 0.29) is 12.1 Å². The van der Waals surface area contributed by atoms with Crippen molar-refractivity contribution in [2.75, 3.05) is 12.4 Å². The van der Waals surface area contributed by atoms with Crippen molar-refractivity contribution in [3.8, 4) is 0 Å². The van der Waals surface area contributed by atoms with Crippen molar-refractivity contribution in [3.05, 3.63) is 26.7 Å². The van der Waals surface area contributed by atoms with E-state index in [1.54, 1.807) is 19.2 Å². The number of rotatable bonds is 4. The summed E-state index contributed by atoms with van der Waals surface area (Å²) in [6.45, 7) is 4.00. The molecular formula is C11H14BrCl2NO. The second-order valence-electron chi connectivity index (χ2n) is 3.62. The van der Waals surface area contributed by atoms with Crippen molar-refractivity contribution >= 4 is 44.8 Å². The summed E-state index contributed by atoms with van der Waals surface area (Å²) in [6.07, 6.45) is 0.0794. The largest absolute Gasteiger partial charge is 0.380 e. The topological polar surface area (TPSA) is 21.3 Å². The number of nitrogens with one attached hydrogen (secondary N) is 1. The molecule has 0 aromatic heterocycles. The predicted octanol–water partition coefficient (Wildman–Crippen LogP) is 4.59. The summed E-state index contributed by atoms with van der Waals surface area (Å²) in [5, 5.41) is 4.43. The van der Waals surface area contributed by atoms with Crippen molar-refractivity contribution in [1.82, 2.24) is 0 Å². The summed E-state index contributed by atoms with van der Waals surface area (Å²) in [5.41, 5.74) is 0.739. The van der Waals surface area contributed by atoms with Crippen LogP contribution in [0.3, 0.4) is 0 Å². The minimum atomic E-state index is 0.0794. The van der Waals surface area contributed by atoms with Gasteiger partial charge >= 0.3 is 0 Å². The molecule has 1 aromatic carbocycles. The van der Waals surface area contributed by atoms with Crippen LogP contribution < -0.4 is 5.32 Å². The number of hydrogen-bond donors (Lipinski definition) is 1. The van der Waals surface area contributed by atoms with Crippen LogP contribution in [-0.2, 0) is 4.74 Å². The highest BCUT2D eigenvalue weighted by Gasteiger charge is 2.15. The van der Waals surface area contributed by atoms with Gasteiger partial charge in [-0.15, -0.1) is 0 Å². The zero-order valence-electron chi connectivity index (χ0n) is 9.35. The van der Waals surface area contributed by atoms with Gasteiger partial charge in [0.15, 0.2) is 0 Å². The van der Waals surface area contributed by atoms with Crippen molar-refractivity contribution in [2.45, 2.75) is 26.0 Å². The maximum Gasteiger partial charge on any atom is 0.0741 e. The first-order valence-corrected chi connectivity index (χ1v) is 6.44. The fourth-order valence-corrected chi connectivity index (χ4v) is 2.55. The second-order valence-corrected chi connectivity index (χ2v) is 5.35. The summed E-state index contributed by atoms with van der Waals surface area (Å²) in [5.74, 6) is 0. The Morgan fingerprint density at radius 1 is 1.25 bits per heavy atom. The van der Waals surface area contributed by atoms with Crippen LogP contribution in [-0.4, -0.2) is 19.3 Å². The molecule has 0 aliphatic heterocycles. The molecule has 2 nitrogen and oxygen atoms in total. The Balaban J connectivity index is 2.89. The lowest BCUT2D eigenvalue weighted by Crippen LogP contribution is -2.29. The smallest absolute Gasteiger partial charge is 0.0741 e. The maximum absolute atomic E-state index is 6.11. The van der Waals surface area contributed by atoms with Gasteiger partial charge in [0, 0.05) is 17.6 Å². The van der Waals surface area contributed by atoms with E-state index in [1.165, 1.54) is 0 Å². The molecule has 0 spiro atoms. The third-order valence-corrected chi connectivity index (χ3v) is 3.51. The van der Waals surface area contributed by atoms with Gasteiger partial charge in [-0.3, -0.25) is 0 Å². The zero-order chi connectivity index (χ0) is 12.3. The fourth-order valence-electron chi connectivity index (χ4n) is 1.23. The van der Waals surface area contributed by atoms with Gasteiger partial charge in [-0.1, -0.05) is 39.1 Å². The molecule has 1 aromatic rings. The lowest BCUT2D eigenvalue weighted by atomic mass is 10.2. The second kappa shape index (κ2) is 6.10. The van der Waals surface area contributed by atoms with E-state index >= 15 is 0 Å². The molecule has 0 radical (unpaired) electrons. The van der Waals surface area contributed by atoms with Crippen LogP contribution in [0.25, 0.3) is 0 Å². The Morgan fingerprint density at radius 2 is 1.75 bits per heavy atom. The van der Waals surface area contributed by atoms with Gasteiger partial charge in [-0.2, -0.15) is 0 Å². The van der Waals surface area contributed by atoms with Crippen molar-refractivity contribution in [1.29, 1.82) is 0 Å². The molecule has 2 atom stereocenters. The molecule has 1 N–H and O–H groups in total. The van der Waals surface area contributed by atoms with E-state index in [0.29, 0.717) is 10.0 Å². The Kier molecular flexibility index (Phi) is 5.38. The molecule has 1 rings (SSSR count). The molecule has 0 saturated heterocycles. The van der Waals surface area contributed by atoms with Gasteiger partial charge in [0.2, 0.25) is 0 Å². The van der Waals surface area contributed by atoms with Gasteiger partial charge < -0.3 is 10.1 Å². The molecular weight excluding hydrogens is 313 g/mol. The lowest BCUT2D eigenvalue weighted by Gasteiger charge is -2.22. The molecule has 0 amide bonds. The van der Waals surface area contributed by atoms with Crippen LogP contribution in [0.5, 0.6) is 0 Å². The van der Waals surface area contributed by atoms with Gasteiger partial charge in [0.25, 0.3) is 0 Å². The molecule has 0 aliphatic carbocycles. The fraction of sp³-hybridized carbons (Fsp3) is 0.455. The molecule has 16 heavy (non-hydrogen) atoms. The van der Waals surface area contributed by atoms with E-state index in [4.69, 9.17) is 27.9 Å². The van der Waals surface area contributed by atoms with Crippen LogP contribution in [0.4, 0.5) is 5.69 Å². The number of ether oxygens (including phenoxy) is 1. The molecule has 0 heterocycles. The quantitative estimate of drug-likeness (QED) is 0.873. The van der Waals surface area contributed by atoms with E-state index in [9.17, 15) is 0 Å². The first-order valence-electron chi connectivity index (χ1n) is 4.89. The number of benzene rings is 1. The zero-order valence-corrected chi connectivity index (χ0v) is 12.4. The minimum absolute atomic E-state index is 0.0794. The maximum atomic E-state index is 6.11. The third kappa shape index (κ3) is 3.52. The Hall–Kier alpha value is 0.0400. The van der Waals surface area contributed by atoms with E-state index in [1.807, 2.05) is 13.8 Å². The average molecular weight is 327 g/mol. The predicted molar refractivity (Wildman–Crippen MR) is 73.7 cm³/mol. The van der Waals surface area contributed by atoms with Crippen molar-refractivity contribution in [3.63, 3.8) is 0 Å². The van der Waals surface area contributed by atoms with Gasteiger partial charge in [-0.05, 0) is 26.0 Å². The summed E-state index contributed by atoms with van der Waals surface area (Å²) >= 11 is 15.6. The van der Waals surface area contributed by atoms with Crippen LogP contribution >= 0.6 is 39.1 Å². The van der Waals surface area contributed by atoms with E-state index in [2.05, 4.69) is 21.2 Å². The molecule has 0 fully saturated rings.